The second-order valence-electron chi connectivity index (χ2n) is 11.0. The summed E-state index contributed by atoms with van der Waals surface area (Å²) in [6.45, 7) is 2.87. The topological polar surface area (TPSA) is 85.6 Å². The van der Waals surface area contributed by atoms with E-state index in [0.717, 1.165) is 65.7 Å². The highest BCUT2D eigenvalue weighted by molar-refractivity contribution is 7.15. The Bertz CT molecular complexity index is 1220. The van der Waals surface area contributed by atoms with E-state index in [4.69, 9.17) is 9.97 Å². The maximum Gasteiger partial charge on any atom is 0.259 e. The Morgan fingerprint density at radius 1 is 1.06 bits per heavy atom. The van der Waals surface area contributed by atoms with E-state index in [1.807, 2.05) is 13.0 Å². The van der Waals surface area contributed by atoms with Crippen molar-refractivity contribution in [3.8, 4) is 0 Å². The monoisotopic (exact) mass is 462 g/mol. The number of fused-ring (bicyclic) bond motifs is 3. The number of nitrogens with zero attached hydrogens (tertiary/aromatic N) is 5. The predicted molar refractivity (Wildman–Crippen MR) is 128 cm³/mol. The summed E-state index contributed by atoms with van der Waals surface area (Å²) in [7, 11) is 0. The molecule has 4 heterocycles. The van der Waals surface area contributed by atoms with Crippen LogP contribution in [0.25, 0.3) is 11.2 Å². The third-order valence-corrected chi connectivity index (χ3v) is 9.66. The number of amides is 1. The lowest BCUT2D eigenvalue weighted by atomic mass is 9.50. The summed E-state index contributed by atoms with van der Waals surface area (Å²) < 4.78 is 2.21. The summed E-state index contributed by atoms with van der Waals surface area (Å²) in [6.07, 6.45) is 12.4. The van der Waals surface area contributed by atoms with Crippen molar-refractivity contribution in [1.82, 2.24) is 24.7 Å². The van der Waals surface area contributed by atoms with Gasteiger partial charge in [0.1, 0.15) is 16.3 Å². The first-order valence-electron chi connectivity index (χ1n) is 12.6. The van der Waals surface area contributed by atoms with Crippen LogP contribution in [0.15, 0.2) is 6.07 Å². The zero-order valence-electron chi connectivity index (χ0n) is 19.1. The van der Waals surface area contributed by atoms with Gasteiger partial charge >= 0.3 is 0 Å². The van der Waals surface area contributed by atoms with Crippen molar-refractivity contribution in [2.24, 2.45) is 17.8 Å². The minimum absolute atomic E-state index is 0.160. The molecule has 3 aromatic rings. The van der Waals surface area contributed by atoms with Crippen molar-refractivity contribution < 1.29 is 4.79 Å². The van der Waals surface area contributed by atoms with Crippen molar-refractivity contribution in [1.29, 1.82) is 0 Å². The Kier molecular flexibility index (Phi) is 4.45. The number of hydrogen-bond acceptors (Lipinski definition) is 6. The number of imidazole rings is 1. The minimum Gasteiger partial charge on any atom is -0.313 e. The second kappa shape index (κ2) is 7.32. The molecule has 8 rings (SSSR count). The summed E-state index contributed by atoms with van der Waals surface area (Å²) in [6, 6.07) is 1.85. The van der Waals surface area contributed by atoms with Gasteiger partial charge < -0.3 is 4.57 Å². The zero-order chi connectivity index (χ0) is 22.2. The molecule has 1 N–H and O–H groups in total. The molecule has 0 radical (unpaired) electrons. The highest BCUT2D eigenvalue weighted by atomic mass is 32.1. The minimum atomic E-state index is -0.160. The fraction of sp³-hybridized carbons (Fsp3) is 0.640. The Hall–Kier alpha value is -2.35. The number of aryl methyl sites for hydroxylation is 3. The molecule has 0 aromatic carbocycles. The molecule has 5 aliphatic rings. The van der Waals surface area contributed by atoms with Crippen LogP contribution in [-0.4, -0.2) is 30.6 Å². The number of aromatic nitrogens is 5. The van der Waals surface area contributed by atoms with Crippen LogP contribution in [0.1, 0.15) is 84.7 Å². The highest BCUT2D eigenvalue weighted by Crippen LogP contribution is 2.61. The maximum absolute atomic E-state index is 13.4. The van der Waals surface area contributed by atoms with Gasteiger partial charge in [0.05, 0.1) is 5.56 Å². The van der Waals surface area contributed by atoms with Crippen LogP contribution in [0.3, 0.4) is 0 Å². The van der Waals surface area contributed by atoms with E-state index >= 15 is 0 Å². The molecule has 0 spiro atoms. The molecule has 4 bridgehead atoms. The molecule has 0 atom stereocenters. The summed E-state index contributed by atoms with van der Waals surface area (Å²) in [5, 5.41) is 13.8. The van der Waals surface area contributed by atoms with E-state index in [0.29, 0.717) is 16.2 Å². The van der Waals surface area contributed by atoms with Crippen LogP contribution in [0.4, 0.5) is 5.13 Å². The van der Waals surface area contributed by atoms with E-state index in [9.17, 15) is 4.79 Å². The lowest BCUT2D eigenvalue weighted by Crippen LogP contribution is -2.48. The number of pyridine rings is 1. The Morgan fingerprint density at radius 3 is 2.58 bits per heavy atom. The number of carbonyl (C=O) groups is 1. The number of rotatable bonds is 3. The first-order valence-corrected chi connectivity index (χ1v) is 13.4. The smallest absolute Gasteiger partial charge is 0.259 e. The van der Waals surface area contributed by atoms with Crippen molar-refractivity contribution in [2.75, 3.05) is 5.32 Å². The molecule has 4 fully saturated rings. The van der Waals surface area contributed by atoms with Gasteiger partial charge in [-0.1, -0.05) is 17.8 Å². The van der Waals surface area contributed by atoms with Gasteiger partial charge in [0.2, 0.25) is 5.13 Å². The van der Waals surface area contributed by atoms with Crippen LogP contribution in [0, 0.1) is 24.7 Å². The fourth-order valence-electron chi connectivity index (χ4n) is 7.61. The summed E-state index contributed by atoms with van der Waals surface area (Å²) in [5.74, 6) is 3.48. The largest absolute Gasteiger partial charge is 0.313 e. The quantitative estimate of drug-likeness (QED) is 0.589. The normalized spacial score (nSPS) is 30.4. The third kappa shape index (κ3) is 3.24. The number of anilines is 1. The molecule has 0 saturated heterocycles. The number of nitrogens with one attached hydrogen (secondary N) is 1. The molecule has 172 valence electrons. The lowest BCUT2D eigenvalue weighted by molar-refractivity contribution is -0.00555. The van der Waals surface area contributed by atoms with Crippen molar-refractivity contribution >= 4 is 33.5 Å². The van der Waals surface area contributed by atoms with Crippen LogP contribution in [-0.2, 0) is 18.4 Å². The molecular formula is C25H30N6OS. The molecule has 1 aliphatic heterocycles. The number of hydrogen-bond donors (Lipinski definition) is 1. The second-order valence-corrected chi connectivity index (χ2v) is 12.0. The van der Waals surface area contributed by atoms with E-state index < -0.39 is 0 Å². The van der Waals surface area contributed by atoms with Crippen LogP contribution >= 0.6 is 11.3 Å². The van der Waals surface area contributed by atoms with E-state index in [2.05, 4.69) is 20.1 Å². The van der Waals surface area contributed by atoms with Crippen LogP contribution in [0.5, 0.6) is 0 Å². The van der Waals surface area contributed by atoms with Gasteiger partial charge in [-0.25, -0.2) is 9.97 Å². The molecule has 4 aliphatic carbocycles. The van der Waals surface area contributed by atoms with E-state index in [-0.39, 0.29) is 11.3 Å². The van der Waals surface area contributed by atoms with Gasteiger partial charge in [0.15, 0.2) is 5.65 Å². The molecular weight excluding hydrogens is 432 g/mol. The molecule has 1 amide bonds. The Balaban J connectivity index is 1.18. The predicted octanol–water partition coefficient (Wildman–Crippen LogP) is 5.04. The van der Waals surface area contributed by atoms with E-state index in [1.165, 1.54) is 44.9 Å². The molecule has 0 unspecified atom stereocenters. The van der Waals surface area contributed by atoms with Gasteiger partial charge in [-0.3, -0.25) is 10.1 Å². The number of carbonyl (C=O) groups excluding carboxylic acids is 1. The van der Waals surface area contributed by atoms with Gasteiger partial charge in [0, 0.05) is 24.1 Å². The summed E-state index contributed by atoms with van der Waals surface area (Å²) in [4.78, 5) is 23.0. The van der Waals surface area contributed by atoms with Gasteiger partial charge in [0.25, 0.3) is 5.91 Å². The highest BCUT2D eigenvalue weighted by Gasteiger charge is 2.53. The molecule has 33 heavy (non-hydrogen) atoms. The zero-order valence-corrected chi connectivity index (χ0v) is 20.0. The van der Waals surface area contributed by atoms with Gasteiger partial charge in [-0.05, 0) is 82.1 Å². The Labute approximate surface area is 197 Å². The van der Waals surface area contributed by atoms with Crippen molar-refractivity contribution in [3.63, 3.8) is 0 Å². The SMILES string of the molecule is Cc1cc(C(=O)Nc2nnc(C34CC5CC(CC(C5)C3)C4)s2)c2nc3n(c2n1)CCCCC3. The Morgan fingerprint density at radius 2 is 1.82 bits per heavy atom. The van der Waals surface area contributed by atoms with Crippen LogP contribution < -0.4 is 5.32 Å². The molecule has 7 nitrogen and oxygen atoms in total. The van der Waals surface area contributed by atoms with E-state index in [1.54, 1.807) is 11.3 Å². The average molecular weight is 463 g/mol. The first-order chi connectivity index (χ1) is 16.1. The van der Waals surface area contributed by atoms with Crippen molar-refractivity contribution in [3.05, 3.63) is 28.2 Å². The first kappa shape index (κ1) is 20.1. The van der Waals surface area contributed by atoms with Crippen LogP contribution in [0.2, 0.25) is 0 Å². The standard InChI is InChI=1S/C25H30N6OS/c1-14-7-18(20-21(26-14)31-6-4-2-3-5-19(31)27-20)22(32)28-24-30-29-23(33-24)25-11-15-8-16(12-25)10-17(9-15)13-25/h7,15-17H,2-6,8-13H2,1H3,(H,28,30,32). The molecule has 8 heteroatoms. The summed E-state index contributed by atoms with van der Waals surface area (Å²) in [5.41, 5.74) is 3.18. The fourth-order valence-corrected chi connectivity index (χ4v) is 8.57. The van der Waals surface area contributed by atoms with Gasteiger partial charge in [-0.15, -0.1) is 10.2 Å². The molecule has 3 aromatic heterocycles. The maximum atomic E-state index is 13.4. The average Bonchev–Trinajstić information content (AvgIpc) is 3.30. The van der Waals surface area contributed by atoms with Crippen molar-refractivity contribution in [2.45, 2.75) is 83.1 Å². The van der Waals surface area contributed by atoms with Gasteiger partial charge in [-0.2, -0.15) is 0 Å². The summed E-state index contributed by atoms with van der Waals surface area (Å²) >= 11 is 1.59. The lowest BCUT2D eigenvalue weighted by Gasteiger charge is -2.55. The molecule has 4 saturated carbocycles. The third-order valence-electron chi connectivity index (χ3n) is 8.57.